The largest absolute Gasteiger partial charge is 0.481 e. The second-order valence-corrected chi connectivity index (χ2v) is 33.6. The number of nitrogens with zero attached hydrogens (tertiary/aromatic N) is 4. The Kier molecular flexibility index (Phi) is 26.4. The molecule has 2 aromatic carbocycles. The van der Waals surface area contributed by atoms with E-state index in [4.69, 9.17) is 17.3 Å². The van der Waals surface area contributed by atoms with Gasteiger partial charge in [-0.25, -0.2) is 0 Å². The van der Waals surface area contributed by atoms with Gasteiger partial charge >= 0.3 is 18.3 Å². The number of rotatable bonds is 7. The third-order valence-electron chi connectivity index (χ3n) is 29.3. The van der Waals surface area contributed by atoms with E-state index in [0.717, 1.165) is 119 Å². The summed E-state index contributed by atoms with van der Waals surface area (Å²) in [5, 5.41) is 11.6. The minimum Gasteiger partial charge on any atom is -0.481 e. The molecule has 2 aromatic rings. The number of fused-ring (bicyclic) bond motifs is 15. The summed E-state index contributed by atoms with van der Waals surface area (Å²) in [6.45, 7) is 24.1. The lowest BCUT2D eigenvalue weighted by Gasteiger charge is -2.60. The van der Waals surface area contributed by atoms with Gasteiger partial charge in [0, 0.05) is 73.2 Å². The van der Waals surface area contributed by atoms with Crippen molar-refractivity contribution in [3.8, 4) is 0 Å². The zero-order valence-corrected chi connectivity index (χ0v) is 61.8. The molecule has 12 aliphatic rings. The predicted molar refractivity (Wildman–Crippen MR) is 397 cm³/mol. The first kappa shape index (κ1) is 84.7. The quantitative estimate of drug-likeness (QED) is 0.180. The van der Waals surface area contributed by atoms with Gasteiger partial charge in [-0.3, -0.25) is 28.8 Å². The van der Waals surface area contributed by atoms with Crippen LogP contribution in [0.15, 0.2) is 85.0 Å². The molecule has 0 saturated heterocycles. The van der Waals surface area contributed by atoms with Gasteiger partial charge in [0.15, 0.2) is 0 Å². The van der Waals surface area contributed by atoms with Crippen molar-refractivity contribution in [1.29, 1.82) is 0 Å². The van der Waals surface area contributed by atoms with Crippen LogP contribution in [0.4, 0.5) is 26.3 Å². The number of nitrogens with two attached hydrogens (primary N) is 1. The van der Waals surface area contributed by atoms with Gasteiger partial charge in [0.25, 0.3) is 11.1 Å². The Morgan fingerprint density at radius 1 is 0.505 bits per heavy atom. The fraction of sp³-hybridized carbons (Fsp3) is 0.711. The summed E-state index contributed by atoms with van der Waals surface area (Å²) in [7, 11) is 5.84. The van der Waals surface area contributed by atoms with Gasteiger partial charge in [0.05, 0.1) is 22.6 Å². The average Bonchev–Trinajstić information content (AvgIpc) is 1.72. The number of alkyl halides is 6. The maximum absolute atomic E-state index is 13.5. The number of carbonyl (C=O) groups excluding carboxylic acids is 5. The molecule has 0 radical (unpaired) electrons. The van der Waals surface area contributed by atoms with Crippen molar-refractivity contribution in [2.24, 2.45) is 97.4 Å². The summed E-state index contributed by atoms with van der Waals surface area (Å²) in [6, 6.07) is 10.6. The first-order chi connectivity index (χ1) is 46.9. The molecule has 14 rings (SSSR count). The molecule has 103 heavy (non-hydrogen) atoms. The number of halogens is 7. The van der Waals surface area contributed by atoms with Crippen LogP contribution in [0.25, 0.3) is 0 Å². The fourth-order valence-corrected chi connectivity index (χ4v) is 23.8. The van der Waals surface area contributed by atoms with E-state index in [9.17, 15) is 60.2 Å². The maximum atomic E-state index is 13.5. The Hall–Kier alpha value is -5.53. The van der Waals surface area contributed by atoms with Gasteiger partial charge in [-0.15, -0.1) is 0 Å². The number of aliphatic carboxylic acids is 1. The van der Waals surface area contributed by atoms with Crippen LogP contribution in [0, 0.1) is 91.7 Å². The van der Waals surface area contributed by atoms with Crippen molar-refractivity contribution in [3.05, 3.63) is 107 Å². The highest BCUT2D eigenvalue weighted by Gasteiger charge is 2.64. The number of benzene rings is 2. The van der Waals surface area contributed by atoms with Crippen molar-refractivity contribution >= 4 is 46.4 Å². The van der Waals surface area contributed by atoms with Gasteiger partial charge < -0.3 is 35.8 Å². The number of carboxylic acids is 1. The second kappa shape index (κ2) is 32.1. The molecular weight excluding hydrogens is 1340 g/mol. The number of likely N-dealkylation sites (N-methyl/N-ethyl adjacent to an activating group) is 3. The molecule has 4 amide bonds. The Morgan fingerprint density at radius 3 is 1.23 bits per heavy atom. The van der Waals surface area contributed by atoms with Crippen molar-refractivity contribution < 1.29 is 60.2 Å². The molecule has 3 aliphatic heterocycles. The summed E-state index contributed by atoms with van der Waals surface area (Å²) in [5.74, 6) is 4.43. The Morgan fingerprint density at radius 2 is 0.854 bits per heavy atom. The van der Waals surface area contributed by atoms with Gasteiger partial charge in [-0.2, -0.15) is 26.3 Å². The zero-order chi connectivity index (χ0) is 73.2. The number of carbonyl (C=O) groups is 6. The Balaban J connectivity index is 0.000000192. The molecule has 9 aliphatic carbocycles. The molecule has 0 spiro atoms. The standard InChI is InChI=1S/C27H33F3N2O2.C20H29NO3.C19H30N2O.C8H4ClF3O.C6H15N.3CH4/c1-25-14-12-19-16(8-11-22-26(19,2)15-13-23(33)32(22)3)18(25)9-10-21(25)31-24(34)17-6-4-5-7-20(17)27(28,29)30;1-19-10-8-14-12(13(19)5-6-15(19)18(23)24)4-7-16-20(14,2)11-9-17(22)21(16)3;1-18-10-8-14-12(13(18)5-6-15(18)20)4-7-16-19(14,2)11-9-17(22)21(16)3;9-7(13)5-3-1-2-4-6(5)8(10,11)12;1-4-7(5-2)6-3;;;/h4-7,13,15-16,18-19,21-22H,8-12,14H2,1-3H3,(H,31,34);9,11-16H,4-8,10H2,1-3H3,(H,23,24);9,11-16H,4-8,10,20H2,1-3H3;1-4H;4-6H2,1-3H3;3*1H4/t16-,18-,19-,21-,22+,25-,26+;12-,13-,14-,15+,16+,19-,20+;12-,13-,14-,15-,16+,18-,19+;;;;;/m000...../s1. The van der Waals surface area contributed by atoms with Crippen molar-refractivity contribution in [1.82, 2.24) is 24.9 Å². The third-order valence-corrected chi connectivity index (χ3v) is 29.5. The van der Waals surface area contributed by atoms with E-state index < -0.39 is 46.2 Å². The van der Waals surface area contributed by atoms with Crippen LogP contribution < -0.4 is 11.1 Å². The average molecular weight is 1470 g/mol. The van der Waals surface area contributed by atoms with Crippen molar-refractivity contribution in [2.75, 3.05) is 40.8 Å². The summed E-state index contributed by atoms with van der Waals surface area (Å²) >= 11 is 4.98. The van der Waals surface area contributed by atoms with Crippen LogP contribution >= 0.6 is 11.6 Å². The van der Waals surface area contributed by atoms with Crippen LogP contribution in [0.5, 0.6) is 0 Å². The molecule has 9 saturated carbocycles. The van der Waals surface area contributed by atoms with E-state index in [-0.39, 0.29) is 90.6 Å². The summed E-state index contributed by atoms with van der Waals surface area (Å²) in [4.78, 5) is 79.9. The molecule has 4 N–H and O–H groups in total. The highest BCUT2D eigenvalue weighted by atomic mass is 35.5. The SMILES string of the molecule is C.C.C.CCN(CC)CC.CN1C(=O)C=C[C@]2(C)[C@H]3CC[C@]4(C)[C@@H](C(=O)O)CC[C@H]4[C@@H]3CC[C@@H]12.CN1C(=O)C=C[C@]2(C)[C@H]3CC[C@]4(C)[C@@H](N)CC[C@H]4[C@@H]3CC[C@@H]12.CN1C(=O)C=C[C@]2(C)[C@H]3CC[C@]4(C)[C@@H](NC(=O)c5ccccc5C(F)(F)F)CC[C@H]4[C@@H]3CC[C@@H]12.O=C(Cl)c1ccccc1C(F)(F)F. The van der Waals surface area contributed by atoms with Crippen LogP contribution in [-0.4, -0.2) is 131 Å². The number of carboxylic acid groups (broad SMARTS) is 1. The van der Waals surface area contributed by atoms with E-state index >= 15 is 0 Å². The number of hydrogen-bond acceptors (Lipinski definition) is 8. The highest BCUT2D eigenvalue weighted by molar-refractivity contribution is 6.68. The predicted octanol–water partition coefficient (Wildman–Crippen LogP) is 18.1. The molecule has 0 unspecified atom stereocenters. The van der Waals surface area contributed by atoms with Gasteiger partial charge in [-0.1, -0.05) is 127 Å². The normalized spacial score (nSPS) is 38.3. The van der Waals surface area contributed by atoms with E-state index in [1.807, 2.05) is 41.9 Å². The minimum absolute atomic E-state index is 0. The topological polar surface area (TPSA) is 174 Å². The first-order valence-electron chi connectivity index (χ1n) is 37.3. The molecule has 21 atom stereocenters. The highest BCUT2D eigenvalue weighted by Crippen LogP contribution is 2.68. The van der Waals surface area contributed by atoms with E-state index in [1.165, 1.54) is 82.1 Å². The molecule has 20 heteroatoms. The molecule has 0 bridgehead atoms. The lowest BCUT2D eigenvalue weighted by molar-refractivity contribution is -0.152. The summed E-state index contributed by atoms with van der Waals surface area (Å²) in [6.07, 6.45) is 22.2. The number of nitrogens with one attached hydrogen (secondary N) is 1. The molecular formula is C83H123ClF6N6O7. The smallest absolute Gasteiger partial charge is 0.417 e. The molecule has 3 heterocycles. The minimum atomic E-state index is -4.57. The molecule has 9 fully saturated rings. The monoisotopic (exact) mass is 1460 g/mol. The number of hydrogen-bond donors (Lipinski definition) is 3. The summed E-state index contributed by atoms with van der Waals surface area (Å²) < 4.78 is 77.0. The molecule has 13 nitrogen and oxygen atoms in total. The van der Waals surface area contributed by atoms with Crippen molar-refractivity contribution in [2.45, 2.75) is 243 Å². The zero-order valence-electron chi connectivity index (χ0n) is 61.0. The van der Waals surface area contributed by atoms with E-state index in [1.54, 1.807) is 12.2 Å². The molecule has 0 aromatic heterocycles. The van der Waals surface area contributed by atoms with Crippen LogP contribution in [0.1, 0.15) is 232 Å². The van der Waals surface area contributed by atoms with E-state index in [2.05, 4.69) is 90.8 Å². The lowest BCUT2D eigenvalue weighted by Crippen LogP contribution is -2.60. The lowest BCUT2D eigenvalue weighted by atomic mass is 9.47. The third kappa shape index (κ3) is 15.4. The van der Waals surface area contributed by atoms with Crippen LogP contribution in [-0.2, 0) is 31.5 Å². The Bertz CT molecular complexity index is 3460. The van der Waals surface area contributed by atoms with Gasteiger partial charge in [-0.05, 0) is 259 Å². The van der Waals surface area contributed by atoms with Gasteiger partial charge in [0.2, 0.25) is 17.7 Å². The van der Waals surface area contributed by atoms with Crippen LogP contribution in [0.2, 0.25) is 0 Å². The van der Waals surface area contributed by atoms with Crippen molar-refractivity contribution in [3.63, 3.8) is 0 Å². The summed E-state index contributed by atoms with van der Waals surface area (Å²) in [5.41, 5.74) is 4.14. The fourth-order valence-electron chi connectivity index (χ4n) is 23.6. The van der Waals surface area contributed by atoms with E-state index in [0.29, 0.717) is 59.0 Å². The second-order valence-electron chi connectivity index (χ2n) is 33.2. The van der Waals surface area contributed by atoms with Crippen LogP contribution in [0.3, 0.4) is 0 Å². The maximum Gasteiger partial charge on any atom is 0.417 e. The van der Waals surface area contributed by atoms with Gasteiger partial charge in [0.1, 0.15) is 0 Å². The number of amides is 4. The molecule has 576 valence electrons. The first-order valence-corrected chi connectivity index (χ1v) is 37.7. The Labute approximate surface area is 616 Å².